The summed E-state index contributed by atoms with van der Waals surface area (Å²) in [5, 5.41) is 6.09. The molecule has 3 N–H and O–H groups in total. The van der Waals surface area contributed by atoms with E-state index in [1.54, 1.807) is 0 Å². The molecule has 1 fully saturated rings. The van der Waals surface area contributed by atoms with Crippen LogP contribution in [0.5, 0.6) is 0 Å². The number of H-pyrrole nitrogens is 1. The lowest BCUT2D eigenvalue weighted by Gasteiger charge is -2.22. The molecule has 0 aromatic carbocycles. The topological polar surface area (TPSA) is 66.2 Å². The van der Waals surface area contributed by atoms with Crippen molar-refractivity contribution in [3.05, 3.63) is 24.0 Å². The molecule has 1 saturated heterocycles. The summed E-state index contributed by atoms with van der Waals surface area (Å²) in [7, 11) is 0. The predicted molar refractivity (Wildman–Crippen MR) is 64.5 cm³/mol. The minimum absolute atomic E-state index is 0.0512. The SMILES string of the molecule is O=C(COC1CCNCC1)NCc1cc[nH]c1. The van der Waals surface area contributed by atoms with E-state index in [-0.39, 0.29) is 18.6 Å². The van der Waals surface area contributed by atoms with Gasteiger partial charge in [0.25, 0.3) is 0 Å². The van der Waals surface area contributed by atoms with Gasteiger partial charge in [-0.1, -0.05) is 0 Å². The zero-order valence-electron chi connectivity index (χ0n) is 9.87. The van der Waals surface area contributed by atoms with Crippen molar-refractivity contribution >= 4 is 5.91 Å². The fourth-order valence-corrected chi connectivity index (χ4v) is 1.88. The van der Waals surface area contributed by atoms with Crippen LogP contribution in [-0.2, 0) is 16.1 Å². The van der Waals surface area contributed by atoms with Crippen molar-refractivity contribution in [2.45, 2.75) is 25.5 Å². The summed E-state index contributed by atoms with van der Waals surface area (Å²) in [6, 6.07) is 1.94. The Labute approximate surface area is 101 Å². The predicted octanol–water partition coefficient (Wildman–Crippen LogP) is 0.400. The van der Waals surface area contributed by atoms with Crippen LogP contribution in [-0.4, -0.2) is 36.7 Å². The summed E-state index contributed by atoms with van der Waals surface area (Å²) < 4.78 is 5.55. The summed E-state index contributed by atoms with van der Waals surface area (Å²) in [6.07, 6.45) is 5.92. The van der Waals surface area contributed by atoms with Gasteiger partial charge in [-0.2, -0.15) is 0 Å². The average molecular weight is 237 g/mol. The molecule has 5 nitrogen and oxygen atoms in total. The molecule has 1 aliphatic rings. The summed E-state index contributed by atoms with van der Waals surface area (Å²) in [4.78, 5) is 14.5. The van der Waals surface area contributed by atoms with E-state index in [4.69, 9.17) is 4.74 Å². The maximum absolute atomic E-state index is 11.5. The molecule has 94 valence electrons. The van der Waals surface area contributed by atoms with E-state index in [0.717, 1.165) is 31.5 Å². The third kappa shape index (κ3) is 4.20. The van der Waals surface area contributed by atoms with Crippen molar-refractivity contribution in [2.75, 3.05) is 19.7 Å². The van der Waals surface area contributed by atoms with Gasteiger partial charge in [0.15, 0.2) is 0 Å². The molecule has 17 heavy (non-hydrogen) atoms. The number of piperidine rings is 1. The second kappa shape index (κ2) is 6.42. The van der Waals surface area contributed by atoms with Crippen LogP contribution in [0.1, 0.15) is 18.4 Å². The molecule has 2 rings (SSSR count). The van der Waals surface area contributed by atoms with E-state index in [9.17, 15) is 4.79 Å². The number of aromatic amines is 1. The molecule has 5 heteroatoms. The molecule has 1 aliphatic heterocycles. The van der Waals surface area contributed by atoms with Crippen LogP contribution >= 0.6 is 0 Å². The highest BCUT2D eigenvalue weighted by molar-refractivity contribution is 5.77. The average Bonchev–Trinajstić information content (AvgIpc) is 2.88. The Morgan fingerprint density at radius 2 is 2.29 bits per heavy atom. The summed E-state index contributed by atoms with van der Waals surface area (Å²) in [5.74, 6) is -0.0512. The molecule has 1 aromatic heterocycles. The number of rotatable bonds is 5. The molecule has 1 aromatic rings. The molecule has 0 saturated carbocycles. The van der Waals surface area contributed by atoms with Crippen molar-refractivity contribution in [1.82, 2.24) is 15.6 Å². The first kappa shape index (κ1) is 12.1. The van der Waals surface area contributed by atoms with Crippen molar-refractivity contribution in [1.29, 1.82) is 0 Å². The molecule has 1 amide bonds. The van der Waals surface area contributed by atoms with Crippen molar-refractivity contribution in [2.24, 2.45) is 0 Å². The molecule has 0 atom stereocenters. The fraction of sp³-hybridized carbons (Fsp3) is 0.583. The van der Waals surface area contributed by atoms with Gasteiger partial charge in [0.05, 0.1) is 6.10 Å². The number of aromatic nitrogens is 1. The third-order valence-corrected chi connectivity index (χ3v) is 2.89. The second-order valence-corrected chi connectivity index (χ2v) is 4.26. The smallest absolute Gasteiger partial charge is 0.246 e. The number of amides is 1. The van der Waals surface area contributed by atoms with Gasteiger partial charge in [0, 0.05) is 18.9 Å². The molecule has 0 radical (unpaired) electrons. The van der Waals surface area contributed by atoms with Crippen LogP contribution in [0.2, 0.25) is 0 Å². The Hall–Kier alpha value is -1.33. The van der Waals surface area contributed by atoms with Crippen molar-refractivity contribution < 1.29 is 9.53 Å². The van der Waals surface area contributed by atoms with E-state index < -0.39 is 0 Å². The van der Waals surface area contributed by atoms with Gasteiger partial charge < -0.3 is 20.4 Å². The van der Waals surface area contributed by atoms with E-state index in [0.29, 0.717) is 6.54 Å². The highest BCUT2D eigenvalue weighted by Crippen LogP contribution is 2.06. The third-order valence-electron chi connectivity index (χ3n) is 2.89. The first-order valence-electron chi connectivity index (χ1n) is 6.05. The second-order valence-electron chi connectivity index (χ2n) is 4.26. The van der Waals surface area contributed by atoms with Gasteiger partial charge in [-0.3, -0.25) is 4.79 Å². The zero-order valence-corrected chi connectivity index (χ0v) is 9.87. The number of hydrogen-bond donors (Lipinski definition) is 3. The molecule has 2 heterocycles. The van der Waals surface area contributed by atoms with Crippen LogP contribution in [0.25, 0.3) is 0 Å². The molecule has 0 unspecified atom stereocenters. The lowest BCUT2D eigenvalue weighted by atomic mass is 10.1. The number of carbonyl (C=O) groups excluding carboxylic acids is 1. The van der Waals surface area contributed by atoms with Gasteiger partial charge in [-0.15, -0.1) is 0 Å². The van der Waals surface area contributed by atoms with Gasteiger partial charge >= 0.3 is 0 Å². The quantitative estimate of drug-likeness (QED) is 0.694. The largest absolute Gasteiger partial charge is 0.368 e. The Morgan fingerprint density at radius 3 is 3.00 bits per heavy atom. The lowest BCUT2D eigenvalue weighted by molar-refractivity contribution is -0.128. The number of ether oxygens (including phenoxy) is 1. The fourth-order valence-electron chi connectivity index (χ4n) is 1.88. The zero-order chi connectivity index (χ0) is 11.9. The lowest BCUT2D eigenvalue weighted by Crippen LogP contribution is -2.35. The van der Waals surface area contributed by atoms with E-state index >= 15 is 0 Å². The number of nitrogens with one attached hydrogen (secondary N) is 3. The Balaban J connectivity index is 1.60. The molecule has 0 bridgehead atoms. The Bertz CT molecular complexity index is 332. The van der Waals surface area contributed by atoms with Gasteiger partial charge in [0.1, 0.15) is 6.61 Å². The Kier molecular flexibility index (Phi) is 4.58. The maximum atomic E-state index is 11.5. The highest BCUT2D eigenvalue weighted by Gasteiger charge is 2.14. The van der Waals surface area contributed by atoms with E-state index in [1.165, 1.54) is 0 Å². The minimum Gasteiger partial charge on any atom is -0.368 e. The standard InChI is InChI=1S/C12H19N3O2/c16-12(15-8-10-1-4-14-7-10)9-17-11-2-5-13-6-3-11/h1,4,7,11,13-14H,2-3,5-6,8-9H2,(H,15,16). The summed E-state index contributed by atoms with van der Waals surface area (Å²) in [6.45, 7) is 2.68. The van der Waals surface area contributed by atoms with Crippen molar-refractivity contribution in [3.8, 4) is 0 Å². The highest BCUT2D eigenvalue weighted by atomic mass is 16.5. The molecule has 0 spiro atoms. The molecular formula is C12H19N3O2. The maximum Gasteiger partial charge on any atom is 0.246 e. The first-order chi connectivity index (χ1) is 8.34. The van der Waals surface area contributed by atoms with Gasteiger partial charge in [-0.05, 0) is 37.6 Å². The van der Waals surface area contributed by atoms with Crippen LogP contribution in [0.15, 0.2) is 18.5 Å². The normalized spacial score (nSPS) is 16.9. The van der Waals surface area contributed by atoms with Gasteiger partial charge in [0.2, 0.25) is 5.91 Å². The van der Waals surface area contributed by atoms with E-state index in [2.05, 4.69) is 15.6 Å². The number of carbonyl (C=O) groups is 1. The Morgan fingerprint density at radius 1 is 1.47 bits per heavy atom. The molecular weight excluding hydrogens is 218 g/mol. The van der Waals surface area contributed by atoms with Crippen LogP contribution in [0, 0.1) is 0 Å². The van der Waals surface area contributed by atoms with Crippen LogP contribution in [0.3, 0.4) is 0 Å². The van der Waals surface area contributed by atoms with Crippen LogP contribution in [0.4, 0.5) is 0 Å². The monoisotopic (exact) mass is 237 g/mol. The first-order valence-corrected chi connectivity index (χ1v) is 6.05. The molecule has 0 aliphatic carbocycles. The van der Waals surface area contributed by atoms with Crippen LogP contribution < -0.4 is 10.6 Å². The van der Waals surface area contributed by atoms with E-state index in [1.807, 2.05) is 18.5 Å². The summed E-state index contributed by atoms with van der Waals surface area (Å²) >= 11 is 0. The minimum atomic E-state index is -0.0512. The van der Waals surface area contributed by atoms with Crippen molar-refractivity contribution in [3.63, 3.8) is 0 Å². The number of hydrogen-bond acceptors (Lipinski definition) is 3. The van der Waals surface area contributed by atoms with Gasteiger partial charge in [-0.25, -0.2) is 0 Å². The summed E-state index contributed by atoms with van der Waals surface area (Å²) in [5.41, 5.74) is 1.07.